The van der Waals surface area contributed by atoms with Gasteiger partial charge in [0.2, 0.25) is 0 Å². The Labute approximate surface area is 110 Å². The number of rotatable bonds is 6. The summed E-state index contributed by atoms with van der Waals surface area (Å²) in [5.74, 6) is 0. The van der Waals surface area contributed by atoms with Crippen molar-refractivity contribution in [1.29, 1.82) is 0 Å². The average molecular weight is 268 g/mol. The summed E-state index contributed by atoms with van der Waals surface area (Å²) in [4.78, 5) is 10.2. The van der Waals surface area contributed by atoms with Gasteiger partial charge in [-0.1, -0.05) is 23.8 Å². The first-order chi connectivity index (χ1) is 8.44. The molecule has 0 aliphatic heterocycles. The monoisotopic (exact) mass is 267 g/mol. The van der Waals surface area contributed by atoms with E-state index in [0.717, 1.165) is 0 Å². The second-order valence-corrected chi connectivity index (χ2v) is 4.35. The first-order valence-electron chi connectivity index (χ1n) is 5.33. The number of nitrogens with zero attached hydrogens (tertiary/aromatic N) is 1. The van der Waals surface area contributed by atoms with Gasteiger partial charge in [0.1, 0.15) is 0 Å². The third-order valence-corrected chi connectivity index (χ3v) is 2.96. The molecule has 5 heteroatoms. The van der Waals surface area contributed by atoms with Gasteiger partial charge in [-0.2, -0.15) is 0 Å². The standard InChI is InChI=1S/C13H14ClNO3/c1-3-7-13(16,8-4-2)11-9-10(15(17)18)5-6-12(11)14/h3-6,9,16H,1-2,7-8H2. The summed E-state index contributed by atoms with van der Waals surface area (Å²) in [6.45, 7) is 7.14. The summed E-state index contributed by atoms with van der Waals surface area (Å²) in [7, 11) is 0. The first-order valence-corrected chi connectivity index (χ1v) is 5.71. The highest BCUT2D eigenvalue weighted by Crippen LogP contribution is 2.36. The number of halogens is 1. The van der Waals surface area contributed by atoms with Crippen molar-refractivity contribution in [3.8, 4) is 0 Å². The first kappa shape index (κ1) is 14.4. The fourth-order valence-electron chi connectivity index (χ4n) is 1.76. The van der Waals surface area contributed by atoms with E-state index in [1.807, 2.05) is 0 Å². The summed E-state index contributed by atoms with van der Waals surface area (Å²) < 4.78 is 0. The fourth-order valence-corrected chi connectivity index (χ4v) is 2.06. The van der Waals surface area contributed by atoms with Crippen LogP contribution < -0.4 is 0 Å². The minimum atomic E-state index is -1.31. The molecule has 1 rings (SSSR count). The number of benzene rings is 1. The second-order valence-electron chi connectivity index (χ2n) is 3.94. The SMILES string of the molecule is C=CCC(O)(CC=C)c1cc([N+](=O)[O-])ccc1Cl. The van der Waals surface area contributed by atoms with E-state index in [2.05, 4.69) is 13.2 Å². The lowest BCUT2D eigenvalue weighted by atomic mass is 9.87. The molecule has 0 aromatic heterocycles. The third-order valence-electron chi connectivity index (χ3n) is 2.63. The van der Waals surface area contributed by atoms with Crippen molar-refractivity contribution in [2.24, 2.45) is 0 Å². The van der Waals surface area contributed by atoms with Crippen LogP contribution in [0.5, 0.6) is 0 Å². The van der Waals surface area contributed by atoms with Crippen LogP contribution in [-0.2, 0) is 5.60 Å². The molecule has 0 unspecified atom stereocenters. The summed E-state index contributed by atoms with van der Waals surface area (Å²) in [6, 6.07) is 4.00. The molecule has 1 aromatic carbocycles. The minimum Gasteiger partial charge on any atom is -0.384 e. The lowest BCUT2D eigenvalue weighted by Gasteiger charge is -2.27. The van der Waals surface area contributed by atoms with Crippen LogP contribution in [-0.4, -0.2) is 10.0 Å². The van der Waals surface area contributed by atoms with Crippen molar-refractivity contribution in [2.45, 2.75) is 18.4 Å². The Kier molecular flexibility index (Phi) is 4.64. The summed E-state index contributed by atoms with van der Waals surface area (Å²) in [6.07, 6.45) is 3.55. The molecular formula is C13H14ClNO3. The van der Waals surface area contributed by atoms with Gasteiger partial charge in [0.15, 0.2) is 0 Å². The van der Waals surface area contributed by atoms with Crippen molar-refractivity contribution in [1.82, 2.24) is 0 Å². The molecule has 0 aliphatic carbocycles. The highest BCUT2D eigenvalue weighted by atomic mass is 35.5. The predicted octanol–water partition coefficient (Wildman–Crippen LogP) is 3.59. The molecule has 0 radical (unpaired) electrons. The van der Waals surface area contributed by atoms with Crippen LogP contribution in [0.4, 0.5) is 5.69 Å². The van der Waals surface area contributed by atoms with Crippen molar-refractivity contribution < 1.29 is 10.0 Å². The molecule has 18 heavy (non-hydrogen) atoms. The van der Waals surface area contributed by atoms with Crippen molar-refractivity contribution in [3.05, 3.63) is 64.2 Å². The molecular weight excluding hydrogens is 254 g/mol. The van der Waals surface area contributed by atoms with E-state index in [0.29, 0.717) is 5.56 Å². The average Bonchev–Trinajstić information content (AvgIpc) is 2.29. The zero-order valence-electron chi connectivity index (χ0n) is 9.80. The molecule has 0 aliphatic rings. The molecule has 1 N–H and O–H groups in total. The van der Waals surface area contributed by atoms with Gasteiger partial charge in [0, 0.05) is 22.7 Å². The number of hydrogen-bond donors (Lipinski definition) is 1. The fraction of sp³-hybridized carbons (Fsp3) is 0.231. The van der Waals surface area contributed by atoms with Crippen molar-refractivity contribution >= 4 is 17.3 Å². The van der Waals surface area contributed by atoms with E-state index >= 15 is 0 Å². The van der Waals surface area contributed by atoms with Crippen LogP contribution in [0.15, 0.2) is 43.5 Å². The number of aliphatic hydroxyl groups is 1. The van der Waals surface area contributed by atoms with Crippen LogP contribution in [0.1, 0.15) is 18.4 Å². The van der Waals surface area contributed by atoms with Gasteiger partial charge in [-0.05, 0) is 18.9 Å². The predicted molar refractivity (Wildman–Crippen MR) is 71.6 cm³/mol. The van der Waals surface area contributed by atoms with Gasteiger partial charge >= 0.3 is 0 Å². The topological polar surface area (TPSA) is 63.4 Å². The largest absolute Gasteiger partial charge is 0.384 e. The molecule has 0 bridgehead atoms. The Balaban J connectivity index is 3.34. The molecule has 4 nitrogen and oxygen atoms in total. The maximum Gasteiger partial charge on any atom is 0.269 e. The Hall–Kier alpha value is -1.65. The molecule has 1 aromatic rings. The van der Waals surface area contributed by atoms with E-state index in [9.17, 15) is 15.2 Å². The summed E-state index contributed by atoms with van der Waals surface area (Å²) in [5.41, 5.74) is -1.11. The zero-order chi connectivity index (χ0) is 13.8. The quantitative estimate of drug-likeness (QED) is 0.487. The van der Waals surface area contributed by atoms with Crippen LogP contribution in [0, 0.1) is 10.1 Å². The zero-order valence-corrected chi connectivity index (χ0v) is 10.6. The maximum atomic E-state index is 10.7. The van der Waals surface area contributed by atoms with E-state index in [1.54, 1.807) is 12.2 Å². The lowest BCUT2D eigenvalue weighted by molar-refractivity contribution is -0.385. The molecule has 0 amide bonds. The van der Waals surface area contributed by atoms with Gasteiger partial charge < -0.3 is 5.11 Å². The van der Waals surface area contributed by atoms with Gasteiger partial charge in [0.05, 0.1) is 10.5 Å². The Bertz CT molecular complexity index is 475. The maximum absolute atomic E-state index is 10.7. The van der Waals surface area contributed by atoms with Crippen molar-refractivity contribution in [2.75, 3.05) is 0 Å². The molecule has 96 valence electrons. The second kappa shape index (κ2) is 5.80. The number of hydrogen-bond acceptors (Lipinski definition) is 3. The normalized spacial score (nSPS) is 11.0. The summed E-state index contributed by atoms with van der Waals surface area (Å²) >= 11 is 6.01. The Morgan fingerprint density at radius 1 is 1.39 bits per heavy atom. The molecule has 0 fully saturated rings. The molecule has 0 saturated carbocycles. The molecule has 0 heterocycles. The van der Waals surface area contributed by atoms with Gasteiger partial charge in [-0.15, -0.1) is 13.2 Å². The van der Waals surface area contributed by atoms with Crippen LogP contribution in [0.25, 0.3) is 0 Å². The Morgan fingerprint density at radius 3 is 2.39 bits per heavy atom. The highest BCUT2D eigenvalue weighted by Gasteiger charge is 2.30. The Morgan fingerprint density at radius 2 is 1.94 bits per heavy atom. The minimum absolute atomic E-state index is 0.110. The smallest absolute Gasteiger partial charge is 0.269 e. The van der Waals surface area contributed by atoms with Crippen LogP contribution in [0.3, 0.4) is 0 Å². The third kappa shape index (κ3) is 2.97. The van der Waals surface area contributed by atoms with Crippen molar-refractivity contribution in [3.63, 3.8) is 0 Å². The number of non-ortho nitro benzene ring substituents is 1. The van der Waals surface area contributed by atoms with E-state index < -0.39 is 10.5 Å². The van der Waals surface area contributed by atoms with E-state index in [4.69, 9.17) is 11.6 Å². The molecule has 0 spiro atoms. The van der Waals surface area contributed by atoms with Gasteiger partial charge in [-0.25, -0.2) is 0 Å². The van der Waals surface area contributed by atoms with E-state index in [1.165, 1.54) is 18.2 Å². The number of nitro groups is 1. The summed E-state index contributed by atoms with van der Waals surface area (Å²) in [5, 5.41) is 21.6. The lowest BCUT2D eigenvalue weighted by Crippen LogP contribution is -2.24. The van der Waals surface area contributed by atoms with Gasteiger partial charge in [-0.3, -0.25) is 10.1 Å². The van der Waals surface area contributed by atoms with Crippen LogP contribution >= 0.6 is 11.6 Å². The van der Waals surface area contributed by atoms with Gasteiger partial charge in [0.25, 0.3) is 5.69 Å². The highest BCUT2D eigenvalue weighted by molar-refractivity contribution is 6.31. The number of nitro benzene ring substituents is 1. The molecule has 0 atom stereocenters. The van der Waals surface area contributed by atoms with Crippen LogP contribution in [0.2, 0.25) is 5.02 Å². The molecule has 0 saturated heterocycles. The van der Waals surface area contributed by atoms with E-state index in [-0.39, 0.29) is 23.6 Å².